The van der Waals surface area contributed by atoms with Crippen LogP contribution in [0.1, 0.15) is 42.5 Å². The zero-order valence-corrected chi connectivity index (χ0v) is 11.3. The molecule has 2 aromatic rings. The monoisotopic (exact) mass is 274 g/mol. The number of benzene rings is 1. The van der Waals surface area contributed by atoms with E-state index in [1.54, 1.807) is 0 Å². The molecule has 106 valence electrons. The summed E-state index contributed by atoms with van der Waals surface area (Å²) in [7, 11) is 0. The van der Waals surface area contributed by atoms with E-state index in [1.165, 1.54) is 6.42 Å². The van der Waals surface area contributed by atoms with Gasteiger partial charge in [-0.05, 0) is 37.0 Å². The number of hydrogen-bond acceptors (Lipinski definition) is 5. The first-order valence-electron chi connectivity index (χ1n) is 7.00. The van der Waals surface area contributed by atoms with E-state index in [4.69, 9.17) is 14.3 Å². The van der Waals surface area contributed by atoms with Gasteiger partial charge < -0.3 is 14.3 Å². The van der Waals surface area contributed by atoms with Gasteiger partial charge in [0.05, 0.1) is 0 Å². The molecular weight excluding hydrogens is 256 g/mol. The van der Waals surface area contributed by atoms with Crippen molar-refractivity contribution in [3.8, 4) is 5.75 Å². The van der Waals surface area contributed by atoms with Crippen LogP contribution >= 0.6 is 0 Å². The number of ether oxygens (including phenoxy) is 1. The van der Waals surface area contributed by atoms with E-state index >= 15 is 0 Å². The summed E-state index contributed by atoms with van der Waals surface area (Å²) in [6.45, 7) is 0.450. The molecule has 0 radical (unpaired) electrons. The minimum absolute atomic E-state index is 0.159. The van der Waals surface area contributed by atoms with Crippen LogP contribution in [0.3, 0.4) is 0 Å². The van der Waals surface area contributed by atoms with Crippen molar-refractivity contribution in [3.63, 3.8) is 0 Å². The summed E-state index contributed by atoms with van der Waals surface area (Å²) in [6, 6.07) is 7.65. The first kappa shape index (κ1) is 13.1. The van der Waals surface area contributed by atoms with E-state index < -0.39 is 0 Å². The smallest absolute Gasteiger partial charge is 0.253 e. The number of rotatable bonds is 6. The number of aliphatic hydroxyl groups is 1. The molecule has 0 spiro atoms. The number of aromatic nitrogens is 2. The molecule has 0 aliphatic heterocycles. The first-order valence-corrected chi connectivity index (χ1v) is 7.00. The van der Waals surface area contributed by atoms with E-state index in [-0.39, 0.29) is 6.61 Å². The fourth-order valence-electron chi connectivity index (χ4n) is 2.17. The van der Waals surface area contributed by atoms with Gasteiger partial charge in [0.2, 0.25) is 5.89 Å². The Morgan fingerprint density at radius 3 is 2.65 bits per heavy atom. The Morgan fingerprint density at radius 1 is 1.20 bits per heavy atom. The molecule has 1 aliphatic rings. The number of aliphatic hydroxyl groups excluding tert-OH is 1. The molecule has 20 heavy (non-hydrogen) atoms. The van der Waals surface area contributed by atoms with Gasteiger partial charge in [-0.15, -0.1) is 10.2 Å². The van der Waals surface area contributed by atoms with Crippen LogP contribution in [0.15, 0.2) is 28.7 Å². The van der Waals surface area contributed by atoms with Crippen LogP contribution < -0.4 is 4.74 Å². The molecule has 0 bridgehead atoms. The first-order chi connectivity index (χ1) is 9.85. The van der Waals surface area contributed by atoms with E-state index in [9.17, 15) is 0 Å². The van der Waals surface area contributed by atoms with Gasteiger partial charge >= 0.3 is 0 Å². The number of hydrogen-bond donors (Lipinski definition) is 1. The van der Waals surface area contributed by atoms with Gasteiger partial charge in [0.1, 0.15) is 5.75 Å². The molecule has 1 fully saturated rings. The van der Waals surface area contributed by atoms with Crippen LogP contribution in [0.2, 0.25) is 0 Å². The highest BCUT2D eigenvalue weighted by Gasteiger charge is 2.25. The molecule has 3 rings (SSSR count). The molecule has 0 unspecified atom stereocenters. The third kappa shape index (κ3) is 2.99. The molecule has 0 saturated heterocycles. The van der Waals surface area contributed by atoms with Crippen molar-refractivity contribution < 1.29 is 14.3 Å². The molecule has 1 aromatic carbocycles. The molecular formula is C15H18N2O3. The van der Waals surface area contributed by atoms with Crippen LogP contribution in [-0.4, -0.2) is 21.9 Å². The minimum Gasteiger partial charge on any atom is -0.484 e. The third-order valence-corrected chi connectivity index (χ3v) is 3.62. The maximum absolute atomic E-state index is 8.85. The van der Waals surface area contributed by atoms with Crippen molar-refractivity contribution in [1.29, 1.82) is 0 Å². The predicted octanol–water partition coefficient (Wildman–Crippen LogP) is 2.45. The van der Waals surface area contributed by atoms with Gasteiger partial charge in [0, 0.05) is 12.5 Å². The van der Waals surface area contributed by atoms with Crippen molar-refractivity contribution in [2.75, 3.05) is 6.61 Å². The lowest BCUT2D eigenvalue weighted by atomic mass is 9.85. The Bertz CT molecular complexity index is 547. The van der Waals surface area contributed by atoms with Crippen molar-refractivity contribution in [3.05, 3.63) is 41.6 Å². The fourth-order valence-corrected chi connectivity index (χ4v) is 2.17. The number of nitrogens with zero attached hydrogens (tertiary/aromatic N) is 2. The van der Waals surface area contributed by atoms with Crippen molar-refractivity contribution in [2.45, 2.75) is 38.2 Å². The highest BCUT2D eigenvalue weighted by Crippen LogP contribution is 2.35. The highest BCUT2D eigenvalue weighted by molar-refractivity contribution is 5.27. The second kappa shape index (κ2) is 6.05. The van der Waals surface area contributed by atoms with Crippen molar-refractivity contribution in [1.82, 2.24) is 10.2 Å². The average molecular weight is 274 g/mol. The topological polar surface area (TPSA) is 68.4 Å². The van der Waals surface area contributed by atoms with Gasteiger partial charge in [-0.25, -0.2) is 0 Å². The van der Waals surface area contributed by atoms with E-state index in [0.717, 1.165) is 30.0 Å². The predicted molar refractivity (Wildman–Crippen MR) is 72.5 cm³/mol. The Balaban J connectivity index is 1.54. The molecule has 1 aromatic heterocycles. The summed E-state index contributed by atoms with van der Waals surface area (Å²) >= 11 is 0. The molecule has 1 aliphatic carbocycles. The molecule has 5 nitrogen and oxygen atoms in total. The van der Waals surface area contributed by atoms with Crippen LogP contribution in [0.5, 0.6) is 5.75 Å². The molecule has 0 atom stereocenters. The second-order valence-electron chi connectivity index (χ2n) is 5.07. The summed E-state index contributed by atoms with van der Waals surface area (Å²) in [6.07, 6.45) is 4.21. The molecule has 1 saturated carbocycles. The lowest BCUT2D eigenvalue weighted by molar-refractivity contribution is 0.247. The summed E-state index contributed by atoms with van der Waals surface area (Å²) < 4.78 is 11.2. The standard InChI is InChI=1S/C15H18N2O3/c18-9-8-11-4-6-13(7-5-11)19-10-14-16-17-15(20-14)12-2-1-3-12/h4-7,12,18H,1-3,8-10H2. The summed E-state index contributed by atoms with van der Waals surface area (Å²) in [5, 5.41) is 16.9. The fraction of sp³-hybridized carbons (Fsp3) is 0.467. The van der Waals surface area contributed by atoms with Gasteiger partial charge in [-0.1, -0.05) is 18.6 Å². The molecule has 0 amide bonds. The Morgan fingerprint density at radius 2 is 2.00 bits per heavy atom. The summed E-state index contributed by atoms with van der Waals surface area (Å²) in [4.78, 5) is 0. The quantitative estimate of drug-likeness (QED) is 0.876. The van der Waals surface area contributed by atoms with Crippen LogP contribution in [0.4, 0.5) is 0 Å². The van der Waals surface area contributed by atoms with Gasteiger partial charge in [-0.3, -0.25) is 0 Å². The Kier molecular flexibility index (Phi) is 3.97. The molecule has 1 heterocycles. The molecule has 1 N–H and O–H groups in total. The Hall–Kier alpha value is -1.88. The largest absolute Gasteiger partial charge is 0.484 e. The van der Waals surface area contributed by atoms with Crippen LogP contribution in [0.25, 0.3) is 0 Å². The summed E-state index contributed by atoms with van der Waals surface area (Å²) in [5.41, 5.74) is 1.09. The van der Waals surface area contributed by atoms with Gasteiger partial charge in [-0.2, -0.15) is 0 Å². The van der Waals surface area contributed by atoms with E-state index in [1.807, 2.05) is 24.3 Å². The lowest BCUT2D eigenvalue weighted by Crippen LogP contribution is -2.08. The zero-order valence-electron chi connectivity index (χ0n) is 11.3. The lowest BCUT2D eigenvalue weighted by Gasteiger charge is -2.20. The molecule has 5 heteroatoms. The van der Waals surface area contributed by atoms with Crippen molar-refractivity contribution >= 4 is 0 Å². The normalized spacial score (nSPS) is 15.1. The van der Waals surface area contributed by atoms with Crippen LogP contribution in [-0.2, 0) is 13.0 Å². The maximum Gasteiger partial charge on any atom is 0.253 e. The minimum atomic E-state index is 0.159. The van der Waals surface area contributed by atoms with E-state index in [0.29, 0.717) is 24.8 Å². The Labute approximate surface area is 117 Å². The third-order valence-electron chi connectivity index (χ3n) is 3.62. The highest BCUT2D eigenvalue weighted by atomic mass is 16.5. The average Bonchev–Trinajstić information content (AvgIpc) is 2.85. The van der Waals surface area contributed by atoms with Gasteiger partial charge in [0.25, 0.3) is 5.89 Å². The zero-order chi connectivity index (χ0) is 13.8. The van der Waals surface area contributed by atoms with E-state index in [2.05, 4.69) is 10.2 Å². The SMILES string of the molecule is OCCc1ccc(OCc2nnc(C3CCC3)o2)cc1. The van der Waals surface area contributed by atoms with Gasteiger partial charge in [0.15, 0.2) is 6.61 Å². The van der Waals surface area contributed by atoms with Crippen LogP contribution in [0, 0.1) is 0 Å². The van der Waals surface area contributed by atoms with Crippen molar-refractivity contribution in [2.24, 2.45) is 0 Å². The second-order valence-corrected chi connectivity index (χ2v) is 5.07. The summed E-state index contributed by atoms with van der Waals surface area (Å²) in [5.74, 6) is 2.48. The maximum atomic E-state index is 8.85.